The monoisotopic (exact) mass is 453 g/mol. The van der Waals surface area contributed by atoms with E-state index in [1.165, 1.54) is 12.1 Å². The van der Waals surface area contributed by atoms with Gasteiger partial charge in [-0.25, -0.2) is 0 Å². The summed E-state index contributed by atoms with van der Waals surface area (Å²) in [7, 11) is 1.59. The Kier molecular flexibility index (Phi) is 7.68. The molecule has 0 spiro atoms. The lowest BCUT2D eigenvalue weighted by Crippen LogP contribution is -2.34. The van der Waals surface area contributed by atoms with Crippen molar-refractivity contribution in [1.29, 1.82) is 0 Å². The van der Waals surface area contributed by atoms with Crippen LogP contribution >= 0.6 is 0 Å². The fourth-order valence-corrected chi connectivity index (χ4v) is 3.08. The molecule has 1 heterocycles. The van der Waals surface area contributed by atoms with Crippen LogP contribution in [-0.2, 0) is 11.2 Å². The summed E-state index contributed by atoms with van der Waals surface area (Å²) in [5.74, 6) is -0.187. The molecule has 0 aliphatic heterocycles. The number of carbonyl (C=O) groups is 2. The van der Waals surface area contributed by atoms with E-state index in [1.807, 2.05) is 24.3 Å². The van der Waals surface area contributed by atoms with Crippen molar-refractivity contribution in [1.82, 2.24) is 20.8 Å². The van der Waals surface area contributed by atoms with Crippen LogP contribution in [0, 0.1) is 17.0 Å². The van der Waals surface area contributed by atoms with Crippen LogP contribution in [0.4, 0.5) is 5.69 Å². The van der Waals surface area contributed by atoms with Gasteiger partial charge in [0.15, 0.2) is 0 Å². The van der Waals surface area contributed by atoms with Gasteiger partial charge in [-0.1, -0.05) is 29.4 Å². The second-order valence-electron chi connectivity index (χ2n) is 7.08. The van der Waals surface area contributed by atoms with Crippen molar-refractivity contribution in [2.24, 2.45) is 0 Å². The van der Waals surface area contributed by atoms with E-state index in [0.717, 1.165) is 11.3 Å². The fraction of sp³-hybridized carbons (Fsp3) is 0.273. The van der Waals surface area contributed by atoms with Crippen molar-refractivity contribution in [3.63, 3.8) is 0 Å². The van der Waals surface area contributed by atoms with Crippen LogP contribution in [0.5, 0.6) is 5.75 Å². The summed E-state index contributed by atoms with van der Waals surface area (Å²) in [6.45, 7) is 1.97. The molecule has 3 aromatic rings. The van der Waals surface area contributed by atoms with Crippen LogP contribution in [0.2, 0.25) is 0 Å². The number of aryl methyl sites for hydroxylation is 1. The molecule has 0 saturated heterocycles. The highest BCUT2D eigenvalue weighted by molar-refractivity contribution is 5.90. The summed E-state index contributed by atoms with van der Waals surface area (Å²) >= 11 is 0. The molecule has 0 aliphatic rings. The van der Waals surface area contributed by atoms with Crippen molar-refractivity contribution < 1.29 is 23.8 Å². The summed E-state index contributed by atoms with van der Waals surface area (Å²) in [5, 5.41) is 20.1. The van der Waals surface area contributed by atoms with Crippen molar-refractivity contribution in [3.05, 3.63) is 69.6 Å². The molecule has 2 amide bonds. The number of aromatic nitrogens is 2. The zero-order valence-electron chi connectivity index (χ0n) is 18.2. The molecule has 0 bridgehead atoms. The van der Waals surface area contributed by atoms with Gasteiger partial charge < -0.3 is 19.9 Å². The number of benzene rings is 2. The number of ether oxygens (including phenoxy) is 1. The number of nitro groups is 1. The predicted molar refractivity (Wildman–Crippen MR) is 118 cm³/mol. The fourth-order valence-electron chi connectivity index (χ4n) is 3.08. The van der Waals surface area contributed by atoms with Gasteiger partial charge in [0, 0.05) is 36.7 Å². The molecule has 0 unspecified atom stereocenters. The SMILES string of the molecule is COc1ccc(CCC(=O)NCCNC(=O)c2nc(-c3cccc([N+](=O)[O-])c3C)no2)cc1. The first-order valence-corrected chi connectivity index (χ1v) is 10.1. The van der Waals surface area contributed by atoms with Gasteiger partial charge in [-0.05, 0) is 31.0 Å². The van der Waals surface area contributed by atoms with Gasteiger partial charge in [-0.15, -0.1) is 0 Å². The van der Waals surface area contributed by atoms with Crippen LogP contribution in [0.15, 0.2) is 47.0 Å². The highest BCUT2D eigenvalue weighted by Crippen LogP contribution is 2.27. The number of methoxy groups -OCH3 is 1. The van der Waals surface area contributed by atoms with Crippen LogP contribution in [0.1, 0.15) is 28.2 Å². The van der Waals surface area contributed by atoms with E-state index in [1.54, 1.807) is 20.1 Å². The number of rotatable bonds is 10. The van der Waals surface area contributed by atoms with Gasteiger partial charge in [0.05, 0.1) is 12.0 Å². The molecular weight excluding hydrogens is 430 g/mol. The van der Waals surface area contributed by atoms with Gasteiger partial charge >= 0.3 is 11.8 Å². The minimum absolute atomic E-state index is 0.0770. The smallest absolute Gasteiger partial charge is 0.316 e. The molecule has 11 nitrogen and oxygen atoms in total. The van der Waals surface area contributed by atoms with Gasteiger partial charge in [0.1, 0.15) is 5.75 Å². The maximum atomic E-state index is 12.2. The third-order valence-corrected chi connectivity index (χ3v) is 4.90. The second kappa shape index (κ2) is 10.8. The summed E-state index contributed by atoms with van der Waals surface area (Å²) in [6, 6.07) is 12.0. The molecule has 2 aromatic carbocycles. The molecule has 0 fully saturated rings. The molecule has 0 saturated carbocycles. The van der Waals surface area contributed by atoms with E-state index in [9.17, 15) is 19.7 Å². The molecule has 1 aromatic heterocycles. The summed E-state index contributed by atoms with van der Waals surface area (Å²) in [4.78, 5) is 38.8. The van der Waals surface area contributed by atoms with E-state index < -0.39 is 10.8 Å². The van der Waals surface area contributed by atoms with E-state index >= 15 is 0 Å². The Hall–Kier alpha value is -4.28. The molecule has 0 radical (unpaired) electrons. The largest absolute Gasteiger partial charge is 0.497 e. The second-order valence-corrected chi connectivity index (χ2v) is 7.08. The molecule has 2 N–H and O–H groups in total. The third-order valence-electron chi connectivity index (χ3n) is 4.90. The summed E-state index contributed by atoms with van der Waals surface area (Å²) < 4.78 is 10.1. The molecular formula is C22H23N5O6. The minimum Gasteiger partial charge on any atom is -0.497 e. The lowest BCUT2D eigenvalue weighted by molar-refractivity contribution is -0.385. The number of nitro benzene ring substituents is 1. The van der Waals surface area contributed by atoms with Crippen molar-refractivity contribution in [2.75, 3.05) is 20.2 Å². The third kappa shape index (κ3) is 6.12. The van der Waals surface area contributed by atoms with E-state index in [2.05, 4.69) is 20.8 Å². The zero-order valence-corrected chi connectivity index (χ0v) is 18.2. The van der Waals surface area contributed by atoms with Crippen molar-refractivity contribution in [3.8, 4) is 17.1 Å². The molecule has 3 rings (SSSR count). The first-order chi connectivity index (χ1) is 15.9. The Labute approximate surface area is 189 Å². The normalized spacial score (nSPS) is 10.5. The zero-order chi connectivity index (χ0) is 23.8. The Bertz CT molecular complexity index is 1140. The van der Waals surface area contributed by atoms with Gasteiger partial charge in [0.25, 0.3) is 5.69 Å². The van der Waals surface area contributed by atoms with Crippen LogP contribution in [-0.4, -0.2) is 47.1 Å². The standard InChI is InChI=1S/C22H23N5O6/c1-14-17(4-3-5-18(14)27(30)31)20-25-22(33-26-20)21(29)24-13-12-23-19(28)11-8-15-6-9-16(32-2)10-7-15/h3-7,9-10H,8,11-13H2,1-2H3,(H,23,28)(H,24,29). The maximum Gasteiger partial charge on any atom is 0.316 e. The highest BCUT2D eigenvalue weighted by Gasteiger charge is 2.20. The number of hydrogen-bond acceptors (Lipinski definition) is 8. The summed E-state index contributed by atoms with van der Waals surface area (Å²) in [5.41, 5.74) is 1.71. The van der Waals surface area contributed by atoms with E-state index in [4.69, 9.17) is 9.26 Å². The molecule has 0 aliphatic carbocycles. The number of nitrogens with one attached hydrogen (secondary N) is 2. The molecule has 11 heteroatoms. The van der Waals surface area contributed by atoms with Crippen LogP contribution < -0.4 is 15.4 Å². The van der Waals surface area contributed by atoms with E-state index in [0.29, 0.717) is 24.0 Å². The first kappa shape index (κ1) is 23.4. The quantitative estimate of drug-likeness (QED) is 0.270. The van der Waals surface area contributed by atoms with Gasteiger partial charge in [0.2, 0.25) is 11.7 Å². The average Bonchev–Trinajstić information content (AvgIpc) is 3.31. The lowest BCUT2D eigenvalue weighted by atomic mass is 10.1. The van der Waals surface area contributed by atoms with Gasteiger partial charge in [-0.3, -0.25) is 19.7 Å². The highest BCUT2D eigenvalue weighted by atomic mass is 16.6. The number of carbonyl (C=O) groups excluding carboxylic acids is 2. The van der Waals surface area contributed by atoms with Crippen molar-refractivity contribution >= 4 is 17.5 Å². The predicted octanol–water partition coefficient (Wildman–Crippen LogP) is 2.44. The van der Waals surface area contributed by atoms with Crippen LogP contribution in [0.3, 0.4) is 0 Å². The Morgan fingerprint density at radius 2 is 1.85 bits per heavy atom. The Morgan fingerprint density at radius 3 is 2.55 bits per heavy atom. The molecule has 172 valence electrons. The van der Waals surface area contributed by atoms with Gasteiger partial charge in [-0.2, -0.15) is 4.98 Å². The first-order valence-electron chi connectivity index (χ1n) is 10.1. The Balaban J connectivity index is 1.44. The molecule has 0 atom stereocenters. The number of hydrogen-bond donors (Lipinski definition) is 2. The average molecular weight is 453 g/mol. The lowest BCUT2D eigenvalue weighted by Gasteiger charge is -2.06. The van der Waals surface area contributed by atoms with Crippen LogP contribution in [0.25, 0.3) is 11.4 Å². The minimum atomic E-state index is -0.607. The number of amides is 2. The summed E-state index contributed by atoms with van der Waals surface area (Å²) in [6.07, 6.45) is 0.903. The maximum absolute atomic E-state index is 12.2. The topological polar surface area (TPSA) is 149 Å². The Morgan fingerprint density at radius 1 is 1.12 bits per heavy atom. The number of nitrogens with zero attached hydrogens (tertiary/aromatic N) is 3. The van der Waals surface area contributed by atoms with Crippen molar-refractivity contribution in [2.45, 2.75) is 19.8 Å². The van der Waals surface area contributed by atoms with E-state index in [-0.39, 0.29) is 36.4 Å². The molecule has 33 heavy (non-hydrogen) atoms.